The number of hydrogen-bond donors (Lipinski definition) is 2. The van der Waals surface area contributed by atoms with Crippen LogP contribution in [0.2, 0.25) is 0 Å². The zero-order valence-corrected chi connectivity index (χ0v) is 12.9. The Bertz CT molecular complexity index is 328. The first-order chi connectivity index (χ1) is 9.50. The third-order valence-corrected chi connectivity index (χ3v) is 5.31. The molecule has 1 aliphatic heterocycles. The maximum atomic E-state index is 11.2. The van der Waals surface area contributed by atoms with Gasteiger partial charge in [0, 0.05) is 6.04 Å². The van der Waals surface area contributed by atoms with Crippen LogP contribution in [0.3, 0.4) is 0 Å². The van der Waals surface area contributed by atoms with E-state index in [2.05, 4.69) is 4.90 Å². The number of carbonyl (C=O) groups is 1. The zero-order chi connectivity index (χ0) is 14.6. The molecule has 0 bridgehead atoms. The van der Waals surface area contributed by atoms with E-state index in [-0.39, 0.29) is 5.91 Å². The van der Waals surface area contributed by atoms with Crippen LogP contribution in [-0.2, 0) is 4.79 Å². The van der Waals surface area contributed by atoms with E-state index >= 15 is 0 Å². The summed E-state index contributed by atoms with van der Waals surface area (Å²) in [5.74, 6) is 0.561. The summed E-state index contributed by atoms with van der Waals surface area (Å²) in [4.78, 5) is 13.9. The molecule has 1 unspecified atom stereocenters. The molecule has 0 radical (unpaired) electrons. The minimum absolute atomic E-state index is 0.386. The lowest BCUT2D eigenvalue weighted by atomic mass is 9.78. The number of likely N-dealkylation sites (tertiary alicyclic amines) is 1. The van der Waals surface area contributed by atoms with Crippen molar-refractivity contribution in [1.82, 2.24) is 4.90 Å². The van der Waals surface area contributed by atoms with Crippen LogP contribution in [-0.4, -0.2) is 35.5 Å². The van der Waals surface area contributed by atoms with Crippen molar-refractivity contribution in [3.8, 4) is 0 Å². The average Bonchev–Trinajstić information content (AvgIpc) is 2.43. The summed E-state index contributed by atoms with van der Waals surface area (Å²) in [7, 11) is 0. The fourth-order valence-electron chi connectivity index (χ4n) is 3.94. The molecule has 20 heavy (non-hydrogen) atoms. The van der Waals surface area contributed by atoms with Crippen molar-refractivity contribution >= 4 is 5.91 Å². The number of hydrogen-bond acceptors (Lipinski definition) is 3. The molecular weight excluding hydrogens is 250 g/mol. The first-order valence-electron chi connectivity index (χ1n) is 8.33. The summed E-state index contributed by atoms with van der Waals surface area (Å²) >= 11 is 0. The first kappa shape index (κ1) is 15.8. The number of primary amides is 1. The van der Waals surface area contributed by atoms with Crippen molar-refractivity contribution < 1.29 is 4.79 Å². The van der Waals surface area contributed by atoms with E-state index < -0.39 is 5.54 Å². The molecule has 0 aromatic heterocycles. The monoisotopic (exact) mass is 281 g/mol. The molecule has 1 heterocycles. The fraction of sp³-hybridized carbons (Fsp3) is 0.938. The summed E-state index contributed by atoms with van der Waals surface area (Å²) in [5.41, 5.74) is 10.4. The van der Waals surface area contributed by atoms with Crippen molar-refractivity contribution in [2.45, 2.75) is 76.3 Å². The smallest absolute Gasteiger partial charge is 0.237 e. The predicted molar refractivity (Wildman–Crippen MR) is 82.2 cm³/mol. The van der Waals surface area contributed by atoms with Crippen LogP contribution in [0.4, 0.5) is 0 Å². The van der Waals surface area contributed by atoms with Crippen LogP contribution in [0.25, 0.3) is 0 Å². The highest BCUT2D eigenvalue weighted by Crippen LogP contribution is 2.35. The van der Waals surface area contributed by atoms with Crippen LogP contribution in [0, 0.1) is 5.92 Å². The lowest BCUT2D eigenvalue weighted by Gasteiger charge is -2.44. The SMILES string of the molecule is CC(N)(CCCCN1CCC[C@H]2CCCC[C@H]21)C(N)=O. The fourth-order valence-corrected chi connectivity index (χ4v) is 3.94. The summed E-state index contributed by atoms with van der Waals surface area (Å²) in [5, 5.41) is 0. The Kier molecular flexibility index (Phi) is 5.44. The van der Waals surface area contributed by atoms with Gasteiger partial charge in [0.2, 0.25) is 5.91 Å². The molecule has 2 aliphatic rings. The van der Waals surface area contributed by atoms with Crippen molar-refractivity contribution in [1.29, 1.82) is 0 Å². The van der Waals surface area contributed by atoms with E-state index in [1.54, 1.807) is 6.92 Å². The van der Waals surface area contributed by atoms with Crippen LogP contribution in [0.15, 0.2) is 0 Å². The van der Waals surface area contributed by atoms with Crippen molar-refractivity contribution in [2.75, 3.05) is 13.1 Å². The Hall–Kier alpha value is -0.610. The Labute approximate surface area is 123 Å². The van der Waals surface area contributed by atoms with E-state index in [1.807, 2.05) is 0 Å². The quantitative estimate of drug-likeness (QED) is 0.732. The molecule has 0 aromatic rings. The van der Waals surface area contributed by atoms with Gasteiger partial charge in [0.15, 0.2) is 0 Å². The van der Waals surface area contributed by atoms with E-state index in [0.29, 0.717) is 6.42 Å². The summed E-state index contributed by atoms with van der Waals surface area (Å²) in [6, 6.07) is 0.831. The number of piperidine rings is 1. The van der Waals surface area contributed by atoms with Gasteiger partial charge in [0.1, 0.15) is 0 Å². The van der Waals surface area contributed by atoms with Crippen LogP contribution in [0.1, 0.15) is 64.7 Å². The number of rotatable bonds is 6. The average molecular weight is 281 g/mol. The lowest BCUT2D eigenvalue weighted by Crippen LogP contribution is -2.49. The number of amides is 1. The molecule has 2 fully saturated rings. The zero-order valence-electron chi connectivity index (χ0n) is 12.9. The van der Waals surface area contributed by atoms with Crippen LogP contribution >= 0.6 is 0 Å². The second-order valence-corrected chi connectivity index (χ2v) is 7.03. The topological polar surface area (TPSA) is 72.3 Å². The molecule has 0 spiro atoms. The molecule has 2 rings (SSSR count). The van der Waals surface area contributed by atoms with E-state index in [0.717, 1.165) is 31.3 Å². The van der Waals surface area contributed by atoms with Crippen LogP contribution in [0.5, 0.6) is 0 Å². The van der Waals surface area contributed by atoms with Gasteiger partial charge in [-0.2, -0.15) is 0 Å². The first-order valence-corrected chi connectivity index (χ1v) is 8.33. The van der Waals surface area contributed by atoms with Gasteiger partial charge >= 0.3 is 0 Å². The minimum atomic E-state index is -0.838. The summed E-state index contributed by atoms with van der Waals surface area (Å²) in [6.45, 7) is 4.17. The van der Waals surface area contributed by atoms with Crippen molar-refractivity contribution in [3.05, 3.63) is 0 Å². The molecular formula is C16H31N3O. The Morgan fingerprint density at radius 3 is 2.65 bits per heavy atom. The van der Waals surface area contributed by atoms with Gasteiger partial charge in [-0.3, -0.25) is 4.79 Å². The number of carbonyl (C=O) groups excluding carboxylic acids is 1. The Morgan fingerprint density at radius 1 is 1.20 bits per heavy atom. The molecule has 4 nitrogen and oxygen atoms in total. The van der Waals surface area contributed by atoms with Crippen molar-refractivity contribution in [2.24, 2.45) is 17.4 Å². The number of fused-ring (bicyclic) bond motifs is 1. The molecule has 1 aliphatic carbocycles. The minimum Gasteiger partial charge on any atom is -0.368 e. The molecule has 3 atom stereocenters. The van der Waals surface area contributed by atoms with Gasteiger partial charge in [-0.25, -0.2) is 0 Å². The molecule has 1 saturated heterocycles. The van der Waals surface area contributed by atoms with Crippen molar-refractivity contribution in [3.63, 3.8) is 0 Å². The standard InChI is InChI=1S/C16H31N3O/c1-16(18,15(17)20)10-4-5-11-19-12-6-8-13-7-2-3-9-14(13)19/h13-14H,2-12,18H2,1H3,(H2,17,20)/t13-,14-,16?/m1/s1. The lowest BCUT2D eigenvalue weighted by molar-refractivity contribution is -0.122. The number of nitrogens with two attached hydrogens (primary N) is 2. The predicted octanol–water partition coefficient (Wildman–Crippen LogP) is 2.01. The van der Waals surface area contributed by atoms with E-state index in [9.17, 15) is 4.79 Å². The highest BCUT2D eigenvalue weighted by molar-refractivity contribution is 5.83. The largest absolute Gasteiger partial charge is 0.368 e. The molecule has 116 valence electrons. The maximum absolute atomic E-state index is 11.2. The van der Waals surface area contributed by atoms with Gasteiger partial charge < -0.3 is 16.4 Å². The Balaban J connectivity index is 1.72. The maximum Gasteiger partial charge on any atom is 0.237 e. The summed E-state index contributed by atoms with van der Waals surface area (Å²) in [6.07, 6.45) is 11.3. The van der Waals surface area contributed by atoms with Crippen LogP contribution < -0.4 is 11.5 Å². The molecule has 1 saturated carbocycles. The molecule has 4 N–H and O–H groups in total. The van der Waals surface area contributed by atoms with Gasteiger partial charge in [0.25, 0.3) is 0 Å². The summed E-state index contributed by atoms with van der Waals surface area (Å²) < 4.78 is 0. The van der Waals surface area contributed by atoms with E-state index in [1.165, 1.54) is 45.1 Å². The van der Waals surface area contributed by atoms with E-state index in [4.69, 9.17) is 11.5 Å². The van der Waals surface area contributed by atoms with Gasteiger partial charge in [-0.1, -0.05) is 12.8 Å². The second-order valence-electron chi connectivity index (χ2n) is 7.03. The number of nitrogens with zero attached hydrogens (tertiary/aromatic N) is 1. The van der Waals surface area contributed by atoms with Gasteiger partial charge in [0.05, 0.1) is 5.54 Å². The second kappa shape index (κ2) is 6.90. The molecule has 0 aromatic carbocycles. The van der Waals surface area contributed by atoms with Gasteiger partial charge in [-0.05, 0) is 70.9 Å². The molecule has 1 amide bonds. The molecule has 4 heteroatoms. The Morgan fingerprint density at radius 2 is 1.90 bits per heavy atom. The van der Waals surface area contributed by atoms with Gasteiger partial charge in [-0.15, -0.1) is 0 Å². The highest BCUT2D eigenvalue weighted by atomic mass is 16.1. The third kappa shape index (κ3) is 3.95. The highest BCUT2D eigenvalue weighted by Gasteiger charge is 2.32. The third-order valence-electron chi connectivity index (χ3n) is 5.31. The normalized spacial score (nSPS) is 30.5. The number of unbranched alkanes of at least 4 members (excludes halogenated alkanes) is 1.